The van der Waals surface area contributed by atoms with Gasteiger partial charge in [-0.2, -0.15) is 0 Å². The maximum atomic E-state index is 12.4. The number of ether oxygens (including phenoxy) is 1. The van der Waals surface area contributed by atoms with Crippen LogP contribution in [-0.2, 0) is 6.54 Å². The van der Waals surface area contributed by atoms with Crippen LogP contribution in [0.3, 0.4) is 0 Å². The minimum Gasteiger partial charge on any atom is -0.485 e. The van der Waals surface area contributed by atoms with E-state index < -0.39 is 4.92 Å². The molecule has 0 aliphatic rings. The van der Waals surface area contributed by atoms with Gasteiger partial charge < -0.3 is 9.30 Å². The summed E-state index contributed by atoms with van der Waals surface area (Å²) >= 11 is 0. The number of nitro groups is 1. The lowest BCUT2D eigenvalue weighted by atomic mass is 10.1. The Morgan fingerprint density at radius 3 is 2.57 bits per heavy atom. The van der Waals surface area contributed by atoms with Gasteiger partial charge >= 0.3 is 0 Å². The molecule has 2 aromatic rings. The second-order valence-corrected chi connectivity index (χ2v) is 5.40. The van der Waals surface area contributed by atoms with Crippen molar-refractivity contribution in [3.63, 3.8) is 0 Å². The summed E-state index contributed by atoms with van der Waals surface area (Å²) in [7, 11) is 0. The molecule has 0 fully saturated rings. The summed E-state index contributed by atoms with van der Waals surface area (Å²) in [5, 5.41) is 10.9. The Hall–Kier alpha value is -2.63. The van der Waals surface area contributed by atoms with E-state index in [2.05, 4.69) is 4.57 Å². The van der Waals surface area contributed by atoms with Crippen LogP contribution >= 0.6 is 0 Å². The molecule has 1 heterocycles. The van der Waals surface area contributed by atoms with Crippen LogP contribution in [0.5, 0.6) is 5.75 Å². The van der Waals surface area contributed by atoms with Gasteiger partial charge in [-0.1, -0.05) is 6.07 Å². The van der Waals surface area contributed by atoms with Crippen molar-refractivity contribution < 1.29 is 14.5 Å². The number of aromatic nitrogens is 1. The maximum Gasteiger partial charge on any atom is 0.276 e. The van der Waals surface area contributed by atoms with Crippen LogP contribution < -0.4 is 4.74 Å². The number of benzene rings is 1. The number of nitrogens with zero attached hydrogens (tertiary/aromatic N) is 2. The fourth-order valence-electron chi connectivity index (χ4n) is 2.75. The second-order valence-electron chi connectivity index (χ2n) is 5.40. The van der Waals surface area contributed by atoms with Crippen LogP contribution in [0.15, 0.2) is 24.3 Å². The van der Waals surface area contributed by atoms with Crippen LogP contribution in [0.2, 0.25) is 0 Å². The quantitative estimate of drug-likeness (QED) is 0.463. The van der Waals surface area contributed by atoms with E-state index in [0.717, 1.165) is 17.9 Å². The maximum absolute atomic E-state index is 12.4. The highest BCUT2D eigenvalue weighted by molar-refractivity contribution is 5.98. The van der Waals surface area contributed by atoms with Gasteiger partial charge in [0.1, 0.15) is 5.75 Å². The lowest BCUT2D eigenvalue weighted by molar-refractivity contribution is -0.385. The summed E-state index contributed by atoms with van der Waals surface area (Å²) in [6, 6.07) is 6.45. The summed E-state index contributed by atoms with van der Waals surface area (Å²) in [6.07, 6.45) is 0. The van der Waals surface area contributed by atoms with Crippen LogP contribution in [0.4, 0.5) is 5.69 Å². The summed E-state index contributed by atoms with van der Waals surface area (Å²) in [4.78, 5) is 22.9. The molecule has 0 atom stereocenters. The van der Waals surface area contributed by atoms with Crippen molar-refractivity contribution in [1.82, 2.24) is 4.57 Å². The number of Topliss-reactive ketones (excluding diaryl/α,β-unsaturated/α-hetero) is 1. The third-order valence-corrected chi connectivity index (χ3v) is 4.00. The number of carbonyl (C=O) groups is 1. The van der Waals surface area contributed by atoms with Gasteiger partial charge in [-0.05, 0) is 39.8 Å². The first-order valence-electron chi connectivity index (χ1n) is 7.43. The van der Waals surface area contributed by atoms with Crippen molar-refractivity contribution in [3.05, 3.63) is 56.9 Å². The Kier molecular flexibility index (Phi) is 4.83. The van der Waals surface area contributed by atoms with Crippen molar-refractivity contribution in [2.45, 2.75) is 34.2 Å². The Morgan fingerprint density at radius 1 is 1.30 bits per heavy atom. The molecule has 6 heteroatoms. The van der Waals surface area contributed by atoms with Crippen molar-refractivity contribution in [3.8, 4) is 5.75 Å². The summed E-state index contributed by atoms with van der Waals surface area (Å²) < 4.78 is 7.58. The normalized spacial score (nSPS) is 10.6. The minimum absolute atomic E-state index is 0.0147. The standard InChI is InChI=1S/C17H20N2O4/c1-5-18-11(2)9-14(13(18)4)16(20)10-23-17-8-6-7-15(12(17)3)19(21)22/h6-9H,5,10H2,1-4H3. The highest BCUT2D eigenvalue weighted by Gasteiger charge is 2.18. The zero-order valence-corrected chi connectivity index (χ0v) is 13.8. The number of ketones is 1. The smallest absolute Gasteiger partial charge is 0.276 e. The van der Waals surface area contributed by atoms with Crippen molar-refractivity contribution >= 4 is 11.5 Å². The van der Waals surface area contributed by atoms with E-state index in [1.165, 1.54) is 6.07 Å². The zero-order chi connectivity index (χ0) is 17.1. The fourth-order valence-corrected chi connectivity index (χ4v) is 2.75. The molecule has 0 saturated heterocycles. The number of hydrogen-bond acceptors (Lipinski definition) is 4. The molecule has 122 valence electrons. The third-order valence-electron chi connectivity index (χ3n) is 4.00. The molecule has 6 nitrogen and oxygen atoms in total. The molecule has 0 amide bonds. The van der Waals surface area contributed by atoms with Gasteiger partial charge in [0.15, 0.2) is 6.61 Å². The van der Waals surface area contributed by atoms with Gasteiger partial charge in [0, 0.05) is 29.6 Å². The van der Waals surface area contributed by atoms with E-state index in [0.29, 0.717) is 16.9 Å². The molecule has 0 aliphatic carbocycles. The molecule has 1 aromatic heterocycles. The number of aryl methyl sites for hydroxylation is 1. The topological polar surface area (TPSA) is 74.4 Å². The summed E-state index contributed by atoms with van der Waals surface area (Å²) in [6.45, 7) is 8.16. The average Bonchev–Trinajstić information content (AvgIpc) is 2.80. The zero-order valence-electron chi connectivity index (χ0n) is 13.8. The molecule has 1 aromatic carbocycles. The number of hydrogen-bond donors (Lipinski definition) is 0. The summed E-state index contributed by atoms with van der Waals surface area (Å²) in [5.74, 6) is 0.223. The number of nitro benzene ring substituents is 1. The highest BCUT2D eigenvalue weighted by atomic mass is 16.6. The first kappa shape index (κ1) is 16.7. The monoisotopic (exact) mass is 316 g/mol. The largest absolute Gasteiger partial charge is 0.485 e. The molecule has 0 N–H and O–H groups in total. The Balaban J connectivity index is 2.17. The molecule has 0 aliphatic heterocycles. The van der Waals surface area contributed by atoms with Gasteiger partial charge in [-0.25, -0.2) is 0 Å². The molecule has 23 heavy (non-hydrogen) atoms. The van der Waals surface area contributed by atoms with Crippen molar-refractivity contribution in [2.24, 2.45) is 0 Å². The molecular weight excluding hydrogens is 296 g/mol. The molecule has 2 rings (SSSR count). The van der Waals surface area contributed by atoms with Gasteiger partial charge in [-0.3, -0.25) is 14.9 Å². The number of carbonyl (C=O) groups excluding carboxylic acids is 1. The molecule has 0 bridgehead atoms. The van der Waals surface area contributed by atoms with E-state index >= 15 is 0 Å². The molecule has 0 radical (unpaired) electrons. The predicted octanol–water partition coefficient (Wildman–Crippen LogP) is 3.60. The average molecular weight is 316 g/mol. The summed E-state index contributed by atoms with van der Waals surface area (Å²) in [5.41, 5.74) is 2.98. The van der Waals surface area contributed by atoms with Gasteiger partial charge in [0.05, 0.1) is 10.5 Å². The SMILES string of the molecule is CCn1c(C)cc(C(=O)COc2cccc([N+](=O)[O-])c2C)c1C. The molecule has 0 unspecified atom stereocenters. The fraction of sp³-hybridized carbons (Fsp3) is 0.353. The van der Waals surface area contributed by atoms with Crippen molar-refractivity contribution in [2.75, 3.05) is 6.61 Å². The molecule has 0 spiro atoms. The minimum atomic E-state index is -0.459. The van der Waals surface area contributed by atoms with Crippen LogP contribution in [0.1, 0.15) is 34.2 Å². The molecular formula is C17H20N2O4. The van der Waals surface area contributed by atoms with Gasteiger partial charge in [0.25, 0.3) is 5.69 Å². The molecule has 0 saturated carbocycles. The Morgan fingerprint density at radius 2 is 2.00 bits per heavy atom. The Bertz CT molecular complexity index is 762. The number of rotatable bonds is 6. The van der Waals surface area contributed by atoms with E-state index in [1.807, 2.05) is 26.8 Å². The second kappa shape index (κ2) is 6.64. The van der Waals surface area contributed by atoms with Crippen molar-refractivity contribution in [1.29, 1.82) is 0 Å². The first-order chi connectivity index (χ1) is 10.9. The van der Waals surface area contributed by atoms with Crippen LogP contribution in [0.25, 0.3) is 0 Å². The van der Waals surface area contributed by atoms with E-state index in [-0.39, 0.29) is 18.1 Å². The first-order valence-corrected chi connectivity index (χ1v) is 7.43. The van der Waals surface area contributed by atoms with E-state index in [1.54, 1.807) is 19.1 Å². The Labute approximate surface area is 134 Å². The van der Waals surface area contributed by atoms with E-state index in [9.17, 15) is 14.9 Å². The lowest BCUT2D eigenvalue weighted by Crippen LogP contribution is -2.13. The van der Waals surface area contributed by atoms with E-state index in [4.69, 9.17) is 4.74 Å². The van der Waals surface area contributed by atoms with Gasteiger partial charge in [0.2, 0.25) is 5.78 Å². The predicted molar refractivity (Wildman–Crippen MR) is 87.2 cm³/mol. The highest BCUT2D eigenvalue weighted by Crippen LogP contribution is 2.27. The van der Waals surface area contributed by atoms with Gasteiger partial charge in [-0.15, -0.1) is 0 Å². The van der Waals surface area contributed by atoms with Crippen LogP contribution in [-0.4, -0.2) is 21.9 Å². The lowest BCUT2D eigenvalue weighted by Gasteiger charge is -2.09. The van der Waals surface area contributed by atoms with Crippen LogP contribution in [0, 0.1) is 30.9 Å². The third kappa shape index (κ3) is 3.26.